The van der Waals surface area contributed by atoms with Gasteiger partial charge in [-0.3, -0.25) is 29.4 Å². The van der Waals surface area contributed by atoms with Gasteiger partial charge in [0.05, 0.1) is 16.8 Å². The molecule has 2 N–H and O–H groups in total. The Balaban J connectivity index is 0.978. The molecule has 0 spiro atoms. The Labute approximate surface area is 237 Å². The van der Waals surface area contributed by atoms with Gasteiger partial charge in [-0.2, -0.15) is 0 Å². The molecule has 3 saturated heterocycles. The fraction of sp³-hybridized carbons (Fsp3) is 0.433. The zero-order valence-electron chi connectivity index (χ0n) is 22.7. The van der Waals surface area contributed by atoms with Crippen LogP contribution >= 0.6 is 0 Å². The molecule has 6 rings (SSSR count). The van der Waals surface area contributed by atoms with Gasteiger partial charge in [-0.15, -0.1) is 0 Å². The zero-order valence-corrected chi connectivity index (χ0v) is 22.7. The molecule has 0 radical (unpaired) electrons. The molecule has 4 aliphatic rings. The van der Waals surface area contributed by atoms with Crippen molar-refractivity contribution in [2.75, 3.05) is 37.6 Å². The van der Waals surface area contributed by atoms with Crippen LogP contribution in [0, 0.1) is 5.92 Å². The quantitative estimate of drug-likeness (QED) is 0.493. The maximum absolute atomic E-state index is 13.4. The van der Waals surface area contributed by atoms with Crippen molar-refractivity contribution in [2.24, 2.45) is 5.92 Å². The summed E-state index contributed by atoms with van der Waals surface area (Å²) < 4.78 is 5.35. The summed E-state index contributed by atoms with van der Waals surface area (Å²) in [5.41, 5.74) is 2.31. The summed E-state index contributed by atoms with van der Waals surface area (Å²) in [5.74, 6) is -1.54. The number of imide groups is 2. The lowest BCUT2D eigenvalue weighted by Crippen LogP contribution is -2.55. The number of likely N-dealkylation sites (tertiary alicyclic amines) is 1. The van der Waals surface area contributed by atoms with Crippen LogP contribution < -0.4 is 15.5 Å². The molecule has 0 aromatic heterocycles. The number of hydrogen-bond donors (Lipinski definition) is 2. The molecule has 0 aliphatic carbocycles. The van der Waals surface area contributed by atoms with E-state index in [1.807, 2.05) is 36.4 Å². The van der Waals surface area contributed by atoms with E-state index < -0.39 is 29.7 Å². The minimum atomic E-state index is -0.972. The number of carbonyl (C=O) groups is 5. The molecule has 1 unspecified atom stereocenters. The molecule has 4 aliphatic heterocycles. The van der Waals surface area contributed by atoms with Crippen molar-refractivity contribution < 1.29 is 28.7 Å². The van der Waals surface area contributed by atoms with Gasteiger partial charge in [0.1, 0.15) is 12.6 Å². The summed E-state index contributed by atoms with van der Waals surface area (Å²) in [7, 11) is 0. The van der Waals surface area contributed by atoms with Gasteiger partial charge < -0.3 is 19.9 Å². The Bertz CT molecular complexity index is 1370. The topological polar surface area (TPSA) is 128 Å². The number of hydrogen-bond acceptors (Lipinski definition) is 8. The second-order valence-electron chi connectivity index (χ2n) is 11.2. The van der Waals surface area contributed by atoms with Crippen LogP contribution in [0.15, 0.2) is 48.5 Å². The number of benzene rings is 2. The highest BCUT2D eigenvalue weighted by Crippen LogP contribution is 2.37. The molecule has 2 aromatic rings. The van der Waals surface area contributed by atoms with Gasteiger partial charge in [0.2, 0.25) is 11.8 Å². The summed E-state index contributed by atoms with van der Waals surface area (Å²) in [4.78, 5) is 68.2. The largest absolute Gasteiger partial charge is 0.445 e. The average molecular weight is 560 g/mol. The highest BCUT2D eigenvalue weighted by molar-refractivity contribution is 6.25. The van der Waals surface area contributed by atoms with E-state index in [1.165, 1.54) is 0 Å². The Morgan fingerprint density at radius 3 is 2.41 bits per heavy atom. The Morgan fingerprint density at radius 1 is 0.927 bits per heavy atom. The molecular weight excluding hydrogens is 526 g/mol. The van der Waals surface area contributed by atoms with Crippen molar-refractivity contribution >= 4 is 35.4 Å². The Morgan fingerprint density at radius 2 is 1.68 bits per heavy atom. The highest BCUT2D eigenvalue weighted by Gasteiger charge is 2.46. The standard InChI is InChI=1S/C30H33N5O6/c36-25-10-9-24(27(37)32-25)35-28(38)22-7-4-8-23(26(22)29(35)39)34-16-20(17-34)15-33-13-11-21(12-14-33)31-30(40)41-18-19-5-2-1-3-6-19/h1-8,20-21,24H,9-18H2,(H,31,40)(H,32,36,37). The first-order valence-electron chi connectivity index (χ1n) is 14.2. The van der Waals surface area contributed by atoms with Crippen molar-refractivity contribution in [3.8, 4) is 0 Å². The number of anilines is 1. The van der Waals surface area contributed by atoms with Crippen LogP contribution in [-0.4, -0.2) is 84.3 Å². The molecule has 1 atom stereocenters. The molecule has 11 nitrogen and oxygen atoms in total. The summed E-state index contributed by atoms with van der Waals surface area (Å²) in [5, 5.41) is 5.22. The van der Waals surface area contributed by atoms with Crippen LogP contribution in [0.1, 0.15) is 52.0 Å². The van der Waals surface area contributed by atoms with Crippen molar-refractivity contribution in [1.29, 1.82) is 0 Å². The van der Waals surface area contributed by atoms with E-state index in [0.29, 0.717) is 22.7 Å². The second kappa shape index (κ2) is 11.3. The summed E-state index contributed by atoms with van der Waals surface area (Å²) in [6.07, 6.45) is 1.56. The summed E-state index contributed by atoms with van der Waals surface area (Å²) >= 11 is 0. The molecule has 0 bridgehead atoms. The number of fused-ring (bicyclic) bond motifs is 1. The Hall–Kier alpha value is -4.25. The van der Waals surface area contributed by atoms with Crippen molar-refractivity contribution in [2.45, 2.75) is 44.4 Å². The van der Waals surface area contributed by atoms with Crippen molar-refractivity contribution in [3.63, 3.8) is 0 Å². The van der Waals surface area contributed by atoms with Crippen LogP contribution in [0.25, 0.3) is 0 Å². The minimum Gasteiger partial charge on any atom is -0.445 e. The third kappa shape index (κ3) is 5.54. The maximum atomic E-state index is 13.4. The lowest BCUT2D eigenvalue weighted by molar-refractivity contribution is -0.136. The van der Waals surface area contributed by atoms with E-state index in [4.69, 9.17) is 4.74 Å². The Kier molecular flexibility index (Phi) is 7.44. The van der Waals surface area contributed by atoms with Crippen LogP contribution in [-0.2, 0) is 20.9 Å². The molecule has 2 aromatic carbocycles. The van der Waals surface area contributed by atoms with E-state index in [9.17, 15) is 24.0 Å². The van der Waals surface area contributed by atoms with Gasteiger partial charge in [-0.25, -0.2) is 4.79 Å². The van der Waals surface area contributed by atoms with E-state index >= 15 is 0 Å². The van der Waals surface area contributed by atoms with Gasteiger partial charge in [0.25, 0.3) is 11.8 Å². The molecule has 41 heavy (non-hydrogen) atoms. The number of nitrogens with one attached hydrogen (secondary N) is 2. The van der Waals surface area contributed by atoms with Crippen LogP contribution in [0.2, 0.25) is 0 Å². The first-order valence-corrected chi connectivity index (χ1v) is 14.2. The van der Waals surface area contributed by atoms with E-state index in [-0.39, 0.29) is 31.6 Å². The first-order chi connectivity index (χ1) is 19.9. The summed E-state index contributed by atoms with van der Waals surface area (Å²) in [6.45, 7) is 4.47. The molecule has 11 heteroatoms. The molecule has 214 valence electrons. The molecule has 3 fully saturated rings. The fourth-order valence-corrected chi connectivity index (χ4v) is 6.20. The highest BCUT2D eigenvalue weighted by atomic mass is 16.5. The minimum absolute atomic E-state index is 0.0928. The van der Waals surface area contributed by atoms with Crippen LogP contribution in [0.4, 0.5) is 10.5 Å². The average Bonchev–Trinajstić information content (AvgIpc) is 3.20. The second-order valence-corrected chi connectivity index (χ2v) is 11.2. The first kappa shape index (κ1) is 26.9. The lowest BCUT2D eigenvalue weighted by Gasteiger charge is -2.44. The zero-order chi connectivity index (χ0) is 28.5. The predicted octanol–water partition coefficient (Wildman–Crippen LogP) is 1.91. The molecular formula is C30H33N5O6. The van der Waals surface area contributed by atoms with Gasteiger partial charge in [0, 0.05) is 51.1 Å². The number of carbonyl (C=O) groups excluding carboxylic acids is 5. The summed E-state index contributed by atoms with van der Waals surface area (Å²) in [6, 6.07) is 14.0. The molecule has 4 heterocycles. The van der Waals surface area contributed by atoms with Gasteiger partial charge in [-0.1, -0.05) is 36.4 Å². The van der Waals surface area contributed by atoms with Crippen LogP contribution in [0.5, 0.6) is 0 Å². The monoisotopic (exact) mass is 559 g/mol. The van der Waals surface area contributed by atoms with E-state index in [2.05, 4.69) is 20.4 Å². The molecule has 0 saturated carbocycles. The smallest absolute Gasteiger partial charge is 0.407 e. The third-order valence-corrected chi connectivity index (χ3v) is 8.38. The number of nitrogens with zero attached hydrogens (tertiary/aromatic N) is 3. The van der Waals surface area contributed by atoms with Crippen LogP contribution in [0.3, 0.4) is 0 Å². The number of alkyl carbamates (subject to hydrolysis) is 1. The van der Waals surface area contributed by atoms with Gasteiger partial charge in [0.15, 0.2) is 0 Å². The van der Waals surface area contributed by atoms with Gasteiger partial charge >= 0.3 is 6.09 Å². The molecule has 5 amide bonds. The fourth-order valence-electron chi connectivity index (χ4n) is 6.20. The third-order valence-electron chi connectivity index (χ3n) is 8.38. The van der Waals surface area contributed by atoms with E-state index in [1.54, 1.807) is 12.1 Å². The number of rotatable bonds is 7. The lowest BCUT2D eigenvalue weighted by atomic mass is 9.94. The van der Waals surface area contributed by atoms with E-state index in [0.717, 1.165) is 56.0 Å². The SMILES string of the molecule is O=C1CCC(N2C(=O)c3cccc(N4CC(CN5CCC(NC(=O)OCc6ccccc6)CC5)C4)c3C2=O)C(=O)N1. The predicted molar refractivity (Wildman–Crippen MR) is 148 cm³/mol. The van der Waals surface area contributed by atoms with Gasteiger partial charge in [-0.05, 0) is 37.0 Å². The normalized spacial score (nSPS) is 21.9. The van der Waals surface area contributed by atoms with Crippen molar-refractivity contribution in [1.82, 2.24) is 20.4 Å². The number of ether oxygens (including phenoxy) is 1. The number of amides is 5. The number of piperidine rings is 2. The maximum Gasteiger partial charge on any atom is 0.407 e. The van der Waals surface area contributed by atoms with Crippen molar-refractivity contribution in [3.05, 3.63) is 65.2 Å².